The zero-order chi connectivity index (χ0) is 14.1. The van der Waals surface area contributed by atoms with Crippen LogP contribution in [0, 0.1) is 0 Å². The normalized spacial score (nSPS) is 12.2. The number of hydrogen-bond acceptors (Lipinski definition) is 3. The van der Waals surface area contributed by atoms with E-state index in [-0.39, 0.29) is 0 Å². The van der Waals surface area contributed by atoms with E-state index >= 15 is 0 Å². The summed E-state index contributed by atoms with van der Waals surface area (Å²) < 4.78 is 16.7. The standard InChI is InChI=1S/C15H24O3Si/c1-5-13-9-7-8-10-14(13)11-12-18-19-15(6-2,16-3)17-4/h5,7-10H,1,6,11-12,19H2,2-4H3. The van der Waals surface area contributed by atoms with Crippen LogP contribution >= 0.6 is 0 Å². The molecule has 0 fully saturated rings. The highest BCUT2D eigenvalue weighted by Crippen LogP contribution is 2.15. The van der Waals surface area contributed by atoms with Crippen molar-refractivity contribution in [2.45, 2.75) is 25.2 Å². The fourth-order valence-electron chi connectivity index (χ4n) is 1.96. The summed E-state index contributed by atoms with van der Waals surface area (Å²) in [5.74, 6) is 0. The van der Waals surface area contributed by atoms with Gasteiger partial charge in [-0.1, -0.05) is 43.8 Å². The molecule has 0 aromatic heterocycles. The van der Waals surface area contributed by atoms with Crippen molar-refractivity contribution in [3.8, 4) is 0 Å². The Bertz CT molecular complexity index is 380. The molecule has 0 saturated heterocycles. The minimum absolute atomic E-state index is 0.488. The lowest BCUT2D eigenvalue weighted by Crippen LogP contribution is -2.41. The Morgan fingerprint density at radius 3 is 2.53 bits per heavy atom. The second-order valence-corrected chi connectivity index (χ2v) is 6.15. The summed E-state index contributed by atoms with van der Waals surface area (Å²) in [7, 11) is 2.47. The van der Waals surface area contributed by atoms with E-state index in [1.54, 1.807) is 14.2 Å². The maximum atomic E-state index is 5.83. The second-order valence-electron chi connectivity index (χ2n) is 4.38. The van der Waals surface area contributed by atoms with Gasteiger partial charge in [-0.15, -0.1) is 0 Å². The van der Waals surface area contributed by atoms with Gasteiger partial charge in [0.15, 0.2) is 5.41 Å². The molecule has 3 nitrogen and oxygen atoms in total. The van der Waals surface area contributed by atoms with Crippen molar-refractivity contribution in [1.82, 2.24) is 0 Å². The average molecular weight is 280 g/mol. The van der Waals surface area contributed by atoms with Crippen LogP contribution in [0.25, 0.3) is 6.08 Å². The van der Waals surface area contributed by atoms with Crippen molar-refractivity contribution in [2.75, 3.05) is 20.8 Å². The topological polar surface area (TPSA) is 27.7 Å². The lowest BCUT2D eigenvalue weighted by atomic mass is 10.1. The van der Waals surface area contributed by atoms with Crippen LogP contribution in [-0.4, -0.2) is 36.0 Å². The molecule has 19 heavy (non-hydrogen) atoms. The number of ether oxygens (including phenoxy) is 2. The van der Waals surface area contributed by atoms with Gasteiger partial charge >= 0.3 is 0 Å². The molecular formula is C15H24O3Si. The van der Waals surface area contributed by atoms with Crippen LogP contribution in [0.1, 0.15) is 24.5 Å². The maximum Gasteiger partial charge on any atom is 0.227 e. The first-order chi connectivity index (χ1) is 9.21. The first kappa shape index (κ1) is 16.1. The summed E-state index contributed by atoms with van der Waals surface area (Å²) in [6.45, 7) is 6.58. The Labute approximate surface area is 118 Å². The van der Waals surface area contributed by atoms with E-state index in [0.29, 0.717) is 6.61 Å². The van der Waals surface area contributed by atoms with Crippen LogP contribution < -0.4 is 0 Å². The Hall–Kier alpha value is -0.943. The predicted molar refractivity (Wildman–Crippen MR) is 81.8 cm³/mol. The fraction of sp³-hybridized carbons (Fsp3) is 0.467. The predicted octanol–water partition coefficient (Wildman–Crippen LogP) is 2.33. The Morgan fingerprint density at radius 1 is 1.26 bits per heavy atom. The first-order valence-electron chi connectivity index (χ1n) is 6.59. The molecule has 0 radical (unpaired) electrons. The number of rotatable bonds is 9. The van der Waals surface area contributed by atoms with Crippen molar-refractivity contribution < 1.29 is 13.9 Å². The van der Waals surface area contributed by atoms with Gasteiger partial charge in [-0.3, -0.25) is 0 Å². The van der Waals surface area contributed by atoms with E-state index < -0.39 is 15.2 Å². The van der Waals surface area contributed by atoms with Crippen molar-refractivity contribution in [2.24, 2.45) is 0 Å². The number of benzene rings is 1. The summed E-state index contributed by atoms with van der Waals surface area (Å²) in [6, 6.07) is 8.25. The highest BCUT2D eigenvalue weighted by molar-refractivity contribution is 6.31. The van der Waals surface area contributed by atoms with Crippen LogP contribution in [0.3, 0.4) is 0 Å². The van der Waals surface area contributed by atoms with Gasteiger partial charge < -0.3 is 13.9 Å². The summed E-state index contributed by atoms with van der Waals surface area (Å²) in [4.78, 5) is 0. The van der Waals surface area contributed by atoms with Crippen molar-refractivity contribution >= 4 is 15.8 Å². The molecular weight excluding hydrogens is 256 g/mol. The van der Waals surface area contributed by atoms with E-state index in [4.69, 9.17) is 13.9 Å². The van der Waals surface area contributed by atoms with Crippen LogP contribution in [0.4, 0.5) is 0 Å². The third kappa shape index (κ3) is 4.58. The van der Waals surface area contributed by atoms with E-state index in [0.717, 1.165) is 12.8 Å². The van der Waals surface area contributed by atoms with Gasteiger partial charge in [-0.2, -0.15) is 0 Å². The van der Waals surface area contributed by atoms with Crippen LogP contribution in [0.2, 0.25) is 0 Å². The molecule has 0 unspecified atom stereocenters. The summed E-state index contributed by atoms with van der Waals surface area (Å²) in [6.07, 6.45) is 3.59. The summed E-state index contributed by atoms with van der Waals surface area (Å²) in [5.41, 5.74) is 1.95. The van der Waals surface area contributed by atoms with E-state index in [9.17, 15) is 0 Å². The van der Waals surface area contributed by atoms with Gasteiger partial charge in [0, 0.05) is 20.8 Å². The molecule has 0 spiro atoms. The van der Waals surface area contributed by atoms with Crippen molar-refractivity contribution in [3.05, 3.63) is 42.0 Å². The smallest absolute Gasteiger partial charge is 0.227 e. The van der Waals surface area contributed by atoms with Crippen LogP contribution in [-0.2, 0) is 20.3 Å². The third-order valence-electron chi connectivity index (χ3n) is 3.40. The Morgan fingerprint density at radius 2 is 1.95 bits per heavy atom. The summed E-state index contributed by atoms with van der Waals surface area (Å²) >= 11 is 0. The quantitative estimate of drug-likeness (QED) is 0.395. The van der Waals surface area contributed by atoms with E-state index in [1.807, 2.05) is 18.2 Å². The fourth-order valence-corrected chi connectivity index (χ4v) is 3.00. The van der Waals surface area contributed by atoms with Gasteiger partial charge in [0.05, 0.1) is 0 Å². The molecule has 0 heterocycles. The molecule has 0 N–H and O–H groups in total. The zero-order valence-electron chi connectivity index (χ0n) is 12.1. The highest BCUT2D eigenvalue weighted by Gasteiger charge is 2.28. The van der Waals surface area contributed by atoms with Gasteiger partial charge in [0.25, 0.3) is 0 Å². The summed E-state index contributed by atoms with van der Waals surface area (Å²) in [5, 5.41) is 0. The van der Waals surface area contributed by atoms with Gasteiger partial charge in [0.1, 0.15) is 0 Å². The molecule has 106 valence electrons. The van der Waals surface area contributed by atoms with Crippen molar-refractivity contribution in [1.29, 1.82) is 0 Å². The van der Waals surface area contributed by atoms with Crippen LogP contribution in [0.5, 0.6) is 0 Å². The molecule has 0 bridgehead atoms. The van der Waals surface area contributed by atoms with Crippen molar-refractivity contribution in [3.63, 3.8) is 0 Å². The van der Waals surface area contributed by atoms with Crippen LogP contribution in [0.15, 0.2) is 30.8 Å². The molecule has 1 aromatic carbocycles. The molecule has 0 aliphatic carbocycles. The second kappa shape index (κ2) is 8.27. The lowest BCUT2D eigenvalue weighted by Gasteiger charge is -2.28. The number of methoxy groups -OCH3 is 2. The third-order valence-corrected chi connectivity index (χ3v) is 5.41. The largest absolute Gasteiger partial charge is 0.417 e. The first-order valence-corrected chi connectivity index (χ1v) is 7.88. The average Bonchev–Trinajstić information content (AvgIpc) is 2.48. The molecule has 0 aliphatic rings. The Kier molecular flexibility index (Phi) is 7.01. The monoisotopic (exact) mass is 280 g/mol. The molecule has 1 aromatic rings. The molecule has 4 heteroatoms. The lowest BCUT2D eigenvalue weighted by molar-refractivity contribution is -0.153. The van der Waals surface area contributed by atoms with Gasteiger partial charge in [-0.05, 0) is 24.0 Å². The minimum Gasteiger partial charge on any atom is -0.417 e. The van der Waals surface area contributed by atoms with E-state index in [1.165, 1.54) is 11.1 Å². The van der Waals surface area contributed by atoms with Gasteiger partial charge in [0.2, 0.25) is 9.76 Å². The molecule has 0 saturated carbocycles. The SMILES string of the molecule is C=Cc1ccccc1CCO[SiH2]C(CC)(OC)OC. The number of hydrogen-bond donors (Lipinski definition) is 0. The minimum atomic E-state index is -0.886. The zero-order valence-corrected chi connectivity index (χ0v) is 13.6. The molecule has 0 amide bonds. The maximum absolute atomic E-state index is 5.83. The molecule has 0 atom stereocenters. The Balaban J connectivity index is 2.44. The van der Waals surface area contributed by atoms with Gasteiger partial charge in [-0.25, -0.2) is 0 Å². The van der Waals surface area contributed by atoms with E-state index in [2.05, 4.69) is 25.6 Å². The molecule has 1 rings (SSSR count). The molecule has 0 aliphatic heterocycles. The highest BCUT2D eigenvalue weighted by atomic mass is 28.2.